The van der Waals surface area contributed by atoms with Crippen molar-refractivity contribution in [1.29, 1.82) is 0 Å². The lowest BCUT2D eigenvalue weighted by Gasteiger charge is -2.45. The Morgan fingerprint density at radius 2 is 1.88 bits per heavy atom. The van der Waals surface area contributed by atoms with Gasteiger partial charge in [0.25, 0.3) is 12.4 Å². The third kappa shape index (κ3) is 3.11. The zero-order valence-electron chi connectivity index (χ0n) is 14.5. The van der Waals surface area contributed by atoms with E-state index in [-0.39, 0.29) is 18.4 Å². The summed E-state index contributed by atoms with van der Waals surface area (Å²) in [6.07, 6.45) is 4.51. The van der Waals surface area contributed by atoms with Crippen molar-refractivity contribution >= 4 is 18.3 Å². The molecule has 2 aliphatic rings. The van der Waals surface area contributed by atoms with Crippen molar-refractivity contribution in [2.75, 3.05) is 6.61 Å². The van der Waals surface area contributed by atoms with Crippen molar-refractivity contribution in [3.05, 3.63) is 47.0 Å². The highest BCUT2D eigenvalue weighted by Gasteiger charge is 2.51. The number of amides is 2. The van der Waals surface area contributed by atoms with Crippen LogP contribution in [0.5, 0.6) is 0 Å². The monoisotopic (exact) mass is 341 g/mol. The first-order chi connectivity index (χ1) is 12.1. The molecule has 1 saturated heterocycles. The lowest BCUT2D eigenvalue weighted by Crippen LogP contribution is -2.57. The smallest absolute Gasteiger partial charge is 0.293 e. The second-order valence-corrected chi connectivity index (χ2v) is 6.81. The van der Waals surface area contributed by atoms with Crippen LogP contribution >= 0.6 is 0 Å². The van der Waals surface area contributed by atoms with Crippen LogP contribution in [0.15, 0.2) is 41.5 Å². The number of nitrogens with zero attached hydrogens (tertiary/aromatic N) is 1. The van der Waals surface area contributed by atoms with E-state index in [2.05, 4.69) is 0 Å². The average molecular weight is 341 g/mol. The van der Waals surface area contributed by atoms with Crippen LogP contribution in [0.2, 0.25) is 0 Å². The molecule has 5 heteroatoms. The minimum absolute atomic E-state index is 0.108. The van der Waals surface area contributed by atoms with Gasteiger partial charge in [-0.05, 0) is 62.3 Å². The zero-order valence-corrected chi connectivity index (χ0v) is 14.5. The van der Waals surface area contributed by atoms with Crippen LogP contribution in [-0.2, 0) is 14.3 Å². The van der Waals surface area contributed by atoms with Crippen LogP contribution in [0.3, 0.4) is 0 Å². The number of hydrogen-bond donors (Lipinski definition) is 0. The topological polar surface area (TPSA) is 63.7 Å². The van der Waals surface area contributed by atoms with Gasteiger partial charge in [-0.2, -0.15) is 0 Å². The minimum atomic E-state index is -0.557. The molecule has 5 nitrogen and oxygen atoms in total. The Morgan fingerprint density at radius 1 is 1.20 bits per heavy atom. The predicted molar refractivity (Wildman–Crippen MR) is 92.8 cm³/mol. The van der Waals surface area contributed by atoms with Gasteiger partial charge in [0, 0.05) is 12.0 Å². The molecule has 25 heavy (non-hydrogen) atoms. The van der Waals surface area contributed by atoms with Crippen LogP contribution in [0.4, 0.5) is 0 Å². The first kappa shape index (κ1) is 17.4. The standard InChI is InChI=1S/C20H23NO4/c1-15(13-25-14-22)17-9-5-11-20(17)12-6-10-18(23)21(20)19(24)16-7-3-2-4-8-16/h2-4,7-8,14H,5-6,9-13H2,1H3/b17-15-/t20-/m1/s1. The van der Waals surface area contributed by atoms with E-state index in [1.165, 1.54) is 4.90 Å². The summed E-state index contributed by atoms with van der Waals surface area (Å²) in [7, 11) is 0. The van der Waals surface area contributed by atoms with Crippen molar-refractivity contribution < 1.29 is 19.1 Å². The fourth-order valence-electron chi connectivity index (χ4n) is 4.33. The minimum Gasteiger partial charge on any atom is -0.463 e. The Balaban J connectivity index is 2.03. The Bertz CT molecular complexity index is 710. The molecular formula is C20H23NO4. The summed E-state index contributed by atoms with van der Waals surface area (Å²) in [6.45, 7) is 2.57. The van der Waals surface area contributed by atoms with Crippen LogP contribution < -0.4 is 0 Å². The van der Waals surface area contributed by atoms with Crippen molar-refractivity contribution in [3.63, 3.8) is 0 Å². The molecule has 2 amide bonds. The first-order valence-corrected chi connectivity index (χ1v) is 8.77. The normalized spacial score (nSPS) is 25.2. The number of rotatable bonds is 4. The largest absolute Gasteiger partial charge is 0.463 e. The van der Waals surface area contributed by atoms with Gasteiger partial charge in [0.05, 0.1) is 5.54 Å². The van der Waals surface area contributed by atoms with Crippen molar-refractivity contribution in [3.8, 4) is 0 Å². The number of likely N-dealkylation sites (tertiary alicyclic amines) is 1. The molecule has 0 radical (unpaired) electrons. The van der Waals surface area contributed by atoms with Gasteiger partial charge in [-0.25, -0.2) is 0 Å². The van der Waals surface area contributed by atoms with Gasteiger partial charge in [0.15, 0.2) is 0 Å². The summed E-state index contributed by atoms with van der Waals surface area (Å²) in [5.41, 5.74) is 2.01. The van der Waals surface area contributed by atoms with Gasteiger partial charge < -0.3 is 4.74 Å². The molecule has 1 aliphatic heterocycles. The van der Waals surface area contributed by atoms with Gasteiger partial charge in [-0.3, -0.25) is 19.3 Å². The molecule has 0 unspecified atom stereocenters. The summed E-state index contributed by atoms with van der Waals surface area (Å²) in [4.78, 5) is 37.9. The number of piperidine rings is 1. The molecule has 1 heterocycles. The lowest BCUT2D eigenvalue weighted by molar-refractivity contribution is -0.136. The van der Waals surface area contributed by atoms with Crippen molar-refractivity contribution in [2.24, 2.45) is 0 Å². The second kappa shape index (κ2) is 7.21. The molecule has 2 fully saturated rings. The van der Waals surface area contributed by atoms with Gasteiger partial charge in [-0.15, -0.1) is 0 Å². The van der Waals surface area contributed by atoms with Gasteiger partial charge >= 0.3 is 0 Å². The molecule has 1 aromatic rings. The number of carbonyl (C=O) groups excluding carboxylic acids is 3. The van der Waals surface area contributed by atoms with E-state index in [4.69, 9.17) is 4.74 Å². The van der Waals surface area contributed by atoms with Crippen LogP contribution in [0.1, 0.15) is 55.8 Å². The van der Waals surface area contributed by atoms with E-state index >= 15 is 0 Å². The Kier molecular flexibility index (Phi) is 5.02. The van der Waals surface area contributed by atoms with Crippen molar-refractivity contribution in [2.45, 2.75) is 51.0 Å². The Morgan fingerprint density at radius 3 is 2.56 bits per heavy atom. The van der Waals surface area contributed by atoms with Crippen LogP contribution in [0.25, 0.3) is 0 Å². The highest BCUT2D eigenvalue weighted by molar-refractivity contribution is 6.06. The highest BCUT2D eigenvalue weighted by Crippen LogP contribution is 2.48. The Hall–Kier alpha value is -2.43. The van der Waals surface area contributed by atoms with E-state index in [1.54, 1.807) is 12.1 Å². The quantitative estimate of drug-likeness (QED) is 0.479. The molecule has 0 bridgehead atoms. The summed E-state index contributed by atoms with van der Waals surface area (Å²) >= 11 is 0. The van der Waals surface area contributed by atoms with Crippen LogP contribution in [-0.4, -0.2) is 35.3 Å². The molecule has 1 aromatic carbocycles. The fourth-order valence-corrected chi connectivity index (χ4v) is 4.33. The van der Waals surface area contributed by atoms with Crippen molar-refractivity contribution in [1.82, 2.24) is 4.90 Å². The predicted octanol–water partition coefficient (Wildman–Crippen LogP) is 3.25. The third-order valence-corrected chi connectivity index (χ3v) is 5.34. The van der Waals surface area contributed by atoms with E-state index in [1.807, 2.05) is 25.1 Å². The summed E-state index contributed by atoms with van der Waals surface area (Å²) in [6, 6.07) is 8.97. The number of hydrogen-bond acceptors (Lipinski definition) is 4. The molecule has 1 spiro atoms. The summed E-state index contributed by atoms with van der Waals surface area (Å²) < 4.78 is 4.92. The molecule has 1 aliphatic carbocycles. The highest BCUT2D eigenvalue weighted by atomic mass is 16.5. The van der Waals surface area contributed by atoms with Gasteiger partial charge in [-0.1, -0.05) is 18.2 Å². The molecule has 132 valence electrons. The third-order valence-electron chi connectivity index (χ3n) is 5.34. The SMILES string of the molecule is C/C(COC=O)=C1\CCC[C@@]12CCCC(=O)N2C(=O)c1ccccc1. The molecule has 3 rings (SSSR count). The van der Waals surface area contributed by atoms with E-state index in [9.17, 15) is 14.4 Å². The molecular weight excluding hydrogens is 318 g/mol. The summed E-state index contributed by atoms with van der Waals surface area (Å²) in [5, 5.41) is 0. The number of ether oxygens (including phenoxy) is 1. The lowest BCUT2D eigenvalue weighted by atomic mass is 9.79. The van der Waals surface area contributed by atoms with E-state index in [0.717, 1.165) is 43.3 Å². The van der Waals surface area contributed by atoms with Gasteiger partial charge in [0.2, 0.25) is 5.91 Å². The van der Waals surface area contributed by atoms with Crippen LogP contribution in [0, 0.1) is 0 Å². The maximum Gasteiger partial charge on any atom is 0.293 e. The second-order valence-electron chi connectivity index (χ2n) is 6.81. The maximum absolute atomic E-state index is 13.1. The van der Waals surface area contributed by atoms with E-state index in [0.29, 0.717) is 18.5 Å². The number of carbonyl (C=O) groups is 3. The molecule has 1 saturated carbocycles. The summed E-state index contributed by atoms with van der Waals surface area (Å²) in [5.74, 6) is -0.336. The average Bonchev–Trinajstić information content (AvgIpc) is 3.04. The molecule has 0 N–H and O–H groups in total. The fraction of sp³-hybridized carbons (Fsp3) is 0.450. The van der Waals surface area contributed by atoms with E-state index < -0.39 is 5.54 Å². The Labute approximate surface area is 147 Å². The van der Waals surface area contributed by atoms with Gasteiger partial charge in [0.1, 0.15) is 6.61 Å². The number of imide groups is 1. The maximum atomic E-state index is 13.1. The molecule has 1 atom stereocenters. The first-order valence-electron chi connectivity index (χ1n) is 8.77. The zero-order chi connectivity index (χ0) is 17.9. The molecule has 0 aromatic heterocycles. The number of benzene rings is 1.